The van der Waals surface area contributed by atoms with E-state index in [1.165, 1.54) is 18.2 Å². The Labute approximate surface area is 139 Å². The predicted octanol–water partition coefficient (Wildman–Crippen LogP) is 3.01. The van der Waals surface area contributed by atoms with E-state index in [0.717, 1.165) is 5.39 Å². The molecule has 0 amide bonds. The number of hydrogen-bond donors (Lipinski definition) is 0. The van der Waals surface area contributed by atoms with E-state index in [2.05, 4.69) is 26.3 Å². The zero-order valence-corrected chi connectivity index (χ0v) is 13.4. The van der Waals surface area contributed by atoms with Crippen LogP contribution in [0.1, 0.15) is 0 Å². The molecule has 0 bridgehead atoms. The summed E-state index contributed by atoms with van der Waals surface area (Å²) in [7, 11) is 0. The van der Waals surface area contributed by atoms with Gasteiger partial charge in [0.2, 0.25) is 0 Å². The van der Waals surface area contributed by atoms with Crippen LogP contribution in [0.2, 0.25) is 0 Å². The summed E-state index contributed by atoms with van der Waals surface area (Å²) in [5, 5.41) is 3.51. The van der Waals surface area contributed by atoms with Crippen LogP contribution in [0.25, 0.3) is 37.1 Å². The molecule has 0 atom stereocenters. The maximum absolute atomic E-state index is 13.8. The normalized spacial score (nSPS) is 9.92. The summed E-state index contributed by atoms with van der Waals surface area (Å²) < 4.78 is 27.6. The monoisotopic (exact) mass is 320 g/mol. The molecule has 2 aromatic rings. The van der Waals surface area contributed by atoms with Gasteiger partial charge in [0, 0.05) is 5.22 Å². The summed E-state index contributed by atoms with van der Waals surface area (Å²) in [5.74, 6) is -0.853. The molecule has 0 saturated heterocycles. The third-order valence-corrected chi connectivity index (χ3v) is 3.51. The van der Waals surface area contributed by atoms with Crippen molar-refractivity contribution in [2.45, 2.75) is 0 Å². The minimum Gasteiger partial charge on any atom is -0.207 e. The van der Waals surface area contributed by atoms with E-state index in [-0.39, 0.29) is 5.22 Å². The number of rotatable bonds is 0. The first-order valence-electron chi connectivity index (χ1n) is 7.35. The van der Waals surface area contributed by atoms with E-state index in [1.807, 2.05) is 0 Å². The van der Waals surface area contributed by atoms with Crippen LogP contribution in [0.3, 0.4) is 0 Å². The SMILES string of the molecule is C=c1ccc2c(=C)cccc(F)c(=C)ccc2c(=C)ccc(F)c1. The molecule has 0 fully saturated rings. The van der Waals surface area contributed by atoms with Crippen molar-refractivity contribution in [2.24, 2.45) is 0 Å². The number of fused-ring (bicyclic) bond motifs is 1. The number of hydrogen-bond acceptors (Lipinski definition) is 0. The highest BCUT2D eigenvalue weighted by Crippen LogP contribution is 1.98. The van der Waals surface area contributed by atoms with Gasteiger partial charge in [-0.15, -0.1) is 0 Å². The summed E-state index contributed by atoms with van der Waals surface area (Å²) in [5.41, 5.74) is 0. The Morgan fingerprint density at radius 3 is 1.88 bits per heavy atom. The van der Waals surface area contributed by atoms with E-state index in [0.29, 0.717) is 21.0 Å². The van der Waals surface area contributed by atoms with Crippen molar-refractivity contribution in [1.29, 1.82) is 0 Å². The third-order valence-electron chi connectivity index (χ3n) is 3.51. The molecule has 120 valence electrons. The van der Waals surface area contributed by atoms with Crippen LogP contribution in [0, 0.1) is 11.6 Å². The van der Waals surface area contributed by atoms with Gasteiger partial charge in [0.1, 0.15) is 11.6 Å². The van der Waals surface area contributed by atoms with Gasteiger partial charge in [-0.25, -0.2) is 8.78 Å². The van der Waals surface area contributed by atoms with E-state index in [4.69, 9.17) is 0 Å². The Kier molecular flexibility index (Phi) is 5.43. The molecule has 2 aromatic carbocycles. The van der Waals surface area contributed by atoms with Crippen LogP contribution in [-0.4, -0.2) is 0 Å². The van der Waals surface area contributed by atoms with Crippen molar-refractivity contribution in [1.82, 2.24) is 0 Å². The Bertz CT molecular complexity index is 1100. The highest BCUT2D eigenvalue weighted by molar-refractivity contribution is 5.81. The van der Waals surface area contributed by atoms with Crippen LogP contribution >= 0.6 is 0 Å². The molecule has 0 aromatic heterocycles. The fourth-order valence-electron chi connectivity index (χ4n) is 2.18. The van der Waals surface area contributed by atoms with Gasteiger partial charge in [-0.3, -0.25) is 0 Å². The van der Waals surface area contributed by atoms with Gasteiger partial charge in [-0.05, 0) is 44.6 Å². The van der Waals surface area contributed by atoms with Crippen LogP contribution < -0.4 is 20.9 Å². The van der Waals surface area contributed by atoms with Crippen molar-refractivity contribution in [3.8, 4) is 0 Å². The van der Waals surface area contributed by atoms with E-state index >= 15 is 0 Å². The van der Waals surface area contributed by atoms with E-state index in [9.17, 15) is 8.78 Å². The molecule has 2 heteroatoms. The van der Waals surface area contributed by atoms with Crippen molar-refractivity contribution in [3.05, 3.63) is 93.2 Å². The Hall–Kier alpha value is -3.00. The van der Waals surface area contributed by atoms with Crippen LogP contribution in [0.5, 0.6) is 0 Å². The van der Waals surface area contributed by atoms with E-state index in [1.54, 1.807) is 42.5 Å². The fraction of sp³-hybridized carbons (Fsp3) is 0. The lowest BCUT2D eigenvalue weighted by molar-refractivity contribution is 0.621. The van der Waals surface area contributed by atoms with Crippen molar-refractivity contribution in [2.75, 3.05) is 0 Å². The Morgan fingerprint density at radius 1 is 0.583 bits per heavy atom. The van der Waals surface area contributed by atoms with E-state index < -0.39 is 11.6 Å². The summed E-state index contributed by atoms with van der Waals surface area (Å²) in [6.07, 6.45) is 0. The molecule has 2 rings (SSSR count). The molecular weight excluding hydrogens is 302 g/mol. The lowest BCUT2D eigenvalue weighted by atomic mass is 10.1. The molecule has 0 heterocycles. The quantitative estimate of drug-likeness (QED) is 0.700. The third kappa shape index (κ3) is 4.26. The van der Waals surface area contributed by atoms with Crippen LogP contribution in [-0.2, 0) is 0 Å². The first kappa shape index (κ1) is 17.4. The second-order valence-corrected chi connectivity index (χ2v) is 5.38. The lowest BCUT2D eigenvalue weighted by Crippen LogP contribution is -2.05. The minimum atomic E-state index is -0.432. The molecular formula is C22H18F2. The highest BCUT2D eigenvalue weighted by atomic mass is 19.1. The van der Waals surface area contributed by atoms with Crippen LogP contribution in [0.4, 0.5) is 8.78 Å². The Balaban J connectivity index is 3.24. The molecule has 0 radical (unpaired) electrons. The number of halogens is 2. The molecule has 24 heavy (non-hydrogen) atoms. The average Bonchev–Trinajstić information content (AvgIpc) is 2.53. The summed E-state index contributed by atoms with van der Waals surface area (Å²) in [6.45, 7) is 15.5. The topological polar surface area (TPSA) is 0 Å². The lowest BCUT2D eigenvalue weighted by Gasteiger charge is -1.94. The Morgan fingerprint density at radius 2 is 1.17 bits per heavy atom. The molecule has 0 aliphatic rings. The molecule has 0 aliphatic heterocycles. The first-order valence-corrected chi connectivity index (χ1v) is 7.35. The summed E-state index contributed by atoms with van der Waals surface area (Å²) >= 11 is 0. The molecule has 0 spiro atoms. The zero-order valence-electron chi connectivity index (χ0n) is 13.4. The van der Waals surface area contributed by atoms with Gasteiger partial charge in [0.05, 0.1) is 0 Å². The maximum Gasteiger partial charge on any atom is 0.129 e. The molecule has 0 unspecified atom stereocenters. The van der Waals surface area contributed by atoms with Crippen molar-refractivity contribution >= 4 is 37.1 Å². The zero-order chi connectivity index (χ0) is 17.7. The second kappa shape index (κ2) is 7.51. The predicted molar refractivity (Wildman–Crippen MR) is 99.7 cm³/mol. The van der Waals surface area contributed by atoms with Gasteiger partial charge in [-0.1, -0.05) is 68.8 Å². The van der Waals surface area contributed by atoms with Gasteiger partial charge >= 0.3 is 0 Å². The summed E-state index contributed by atoms with van der Waals surface area (Å²) in [4.78, 5) is 0. The minimum absolute atomic E-state index is 0.243. The summed E-state index contributed by atoms with van der Waals surface area (Å²) in [6, 6.07) is 15.6. The molecule has 0 aliphatic carbocycles. The van der Waals surface area contributed by atoms with Crippen molar-refractivity contribution < 1.29 is 8.78 Å². The second-order valence-electron chi connectivity index (χ2n) is 5.38. The van der Waals surface area contributed by atoms with Gasteiger partial charge < -0.3 is 0 Å². The van der Waals surface area contributed by atoms with Crippen LogP contribution in [0.15, 0.2) is 60.7 Å². The first-order chi connectivity index (χ1) is 11.4. The highest BCUT2D eigenvalue weighted by Gasteiger charge is 1.91. The average molecular weight is 320 g/mol. The molecule has 0 nitrogen and oxygen atoms in total. The maximum atomic E-state index is 13.8. The van der Waals surface area contributed by atoms with Gasteiger partial charge in [0.25, 0.3) is 0 Å². The smallest absolute Gasteiger partial charge is 0.129 e. The van der Waals surface area contributed by atoms with Gasteiger partial charge in [-0.2, -0.15) is 0 Å². The molecule has 0 N–H and O–H groups in total. The molecule has 0 saturated carbocycles. The standard InChI is InChI=1S/C22H18F2/c1-15-8-12-20-16(2)6-5-7-22(24)18(4)10-13-21(20)17(3)9-11-19(23)14-15/h5-14H,1-4H2. The van der Waals surface area contributed by atoms with Gasteiger partial charge in [0.15, 0.2) is 0 Å². The fourth-order valence-corrected chi connectivity index (χ4v) is 2.18. The largest absolute Gasteiger partial charge is 0.207 e. The van der Waals surface area contributed by atoms with Crippen molar-refractivity contribution in [3.63, 3.8) is 0 Å².